The van der Waals surface area contributed by atoms with Crippen molar-refractivity contribution < 1.29 is 9.31 Å². The van der Waals surface area contributed by atoms with Crippen LogP contribution in [-0.4, -0.2) is 10.0 Å². The van der Waals surface area contributed by atoms with E-state index in [1.165, 1.54) is 0 Å². The van der Waals surface area contributed by atoms with Gasteiger partial charge in [-0.2, -0.15) is 0 Å². The van der Waals surface area contributed by atoms with Crippen molar-refractivity contribution in [2.75, 3.05) is 5.32 Å². The summed E-state index contributed by atoms with van der Waals surface area (Å²) in [6, 6.07) is 11.1. The molecule has 0 atom stereocenters. The van der Waals surface area contributed by atoms with Gasteiger partial charge in [0.1, 0.15) is 5.82 Å². The fourth-order valence-electron chi connectivity index (χ4n) is 1.78. The van der Waals surface area contributed by atoms with Gasteiger partial charge in [-0.05, 0) is 30.8 Å². The summed E-state index contributed by atoms with van der Waals surface area (Å²) >= 11 is 5.07. The lowest BCUT2D eigenvalue weighted by Gasteiger charge is -2.11. The molecule has 0 aliphatic heterocycles. The summed E-state index contributed by atoms with van der Waals surface area (Å²) in [5, 5.41) is 16.4. The molecule has 0 amide bonds. The topological polar surface area (TPSA) is 67.2 Å². The second-order valence-electron chi connectivity index (χ2n) is 4.71. The zero-order valence-corrected chi connectivity index (χ0v) is 12.6. The molecule has 0 aromatic heterocycles. The molecular weight excluding hydrogens is 305 g/mol. The van der Waals surface area contributed by atoms with Crippen molar-refractivity contribution in [3.05, 3.63) is 69.5 Å². The van der Waals surface area contributed by atoms with E-state index in [2.05, 4.69) is 10.6 Å². The molecule has 2 aromatic carbocycles. The first-order chi connectivity index (χ1) is 10.5. The average Bonchev–Trinajstić information content (AvgIpc) is 2.48. The van der Waals surface area contributed by atoms with Crippen LogP contribution < -0.4 is 10.6 Å². The third kappa shape index (κ3) is 4.23. The SMILES string of the molecule is Cc1ccc(CNC(=S)Nc2cc([N+](=O)[O-])ccc2F)cc1. The molecule has 0 aliphatic rings. The molecule has 0 saturated heterocycles. The van der Waals surface area contributed by atoms with E-state index in [1.54, 1.807) is 0 Å². The largest absolute Gasteiger partial charge is 0.358 e. The lowest BCUT2D eigenvalue weighted by atomic mass is 10.1. The fourth-order valence-corrected chi connectivity index (χ4v) is 1.96. The summed E-state index contributed by atoms with van der Waals surface area (Å²) in [7, 11) is 0. The highest BCUT2D eigenvalue weighted by Crippen LogP contribution is 2.21. The highest BCUT2D eigenvalue weighted by Gasteiger charge is 2.11. The molecule has 0 unspecified atom stereocenters. The molecule has 0 saturated carbocycles. The Labute approximate surface area is 132 Å². The molecule has 2 aromatic rings. The fraction of sp³-hybridized carbons (Fsp3) is 0.133. The minimum Gasteiger partial charge on any atom is -0.358 e. The van der Waals surface area contributed by atoms with Crippen LogP contribution in [0.2, 0.25) is 0 Å². The number of nitrogens with one attached hydrogen (secondary N) is 2. The van der Waals surface area contributed by atoms with Crippen LogP contribution in [0.4, 0.5) is 15.8 Å². The van der Waals surface area contributed by atoms with Gasteiger partial charge in [-0.15, -0.1) is 0 Å². The maximum Gasteiger partial charge on any atom is 0.271 e. The van der Waals surface area contributed by atoms with E-state index in [4.69, 9.17) is 12.2 Å². The summed E-state index contributed by atoms with van der Waals surface area (Å²) < 4.78 is 13.6. The Hall–Kier alpha value is -2.54. The lowest BCUT2D eigenvalue weighted by molar-refractivity contribution is -0.384. The first-order valence-corrected chi connectivity index (χ1v) is 6.91. The Bertz CT molecular complexity index is 704. The quantitative estimate of drug-likeness (QED) is 0.513. The molecule has 114 valence electrons. The van der Waals surface area contributed by atoms with Crippen molar-refractivity contribution in [3.63, 3.8) is 0 Å². The minimum atomic E-state index is -0.606. The summed E-state index contributed by atoms with van der Waals surface area (Å²) in [6.45, 7) is 2.47. The Kier molecular flexibility index (Phi) is 5.00. The minimum absolute atomic E-state index is 0.0318. The summed E-state index contributed by atoms with van der Waals surface area (Å²) in [6.07, 6.45) is 0. The number of anilines is 1. The molecule has 0 bridgehead atoms. The molecule has 0 heterocycles. The van der Waals surface area contributed by atoms with E-state index in [9.17, 15) is 14.5 Å². The van der Waals surface area contributed by atoms with E-state index in [-0.39, 0.29) is 16.5 Å². The van der Waals surface area contributed by atoms with Crippen LogP contribution >= 0.6 is 12.2 Å². The van der Waals surface area contributed by atoms with Gasteiger partial charge in [-0.25, -0.2) is 4.39 Å². The van der Waals surface area contributed by atoms with Crippen molar-refractivity contribution in [1.29, 1.82) is 0 Å². The molecule has 2 rings (SSSR count). The van der Waals surface area contributed by atoms with Crippen LogP contribution in [0, 0.1) is 22.9 Å². The Balaban J connectivity index is 1.98. The van der Waals surface area contributed by atoms with Crippen LogP contribution in [0.15, 0.2) is 42.5 Å². The Morgan fingerprint density at radius 2 is 1.95 bits per heavy atom. The number of nitro groups is 1. The van der Waals surface area contributed by atoms with Crippen LogP contribution in [0.5, 0.6) is 0 Å². The van der Waals surface area contributed by atoms with Crippen molar-refractivity contribution in [1.82, 2.24) is 5.32 Å². The van der Waals surface area contributed by atoms with Crippen molar-refractivity contribution in [2.45, 2.75) is 13.5 Å². The number of benzene rings is 2. The van der Waals surface area contributed by atoms with Gasteiger partial charge < -0.3 is 10.6 Å². The first-order valence-electron chi connectivity index (χ1n) is 6.50. The van der Waals surface area contributed by atoms with Gasteiger partial charge in [-0.1, -0.05) is 29.8 Å². The number of hydrogen-bond donors (Lipinski definition) is 2. The Morgan fingerprint density at radius 3 is 2.59 bits per heavy atom. The highest BCUT2D eigenvalue weighted by molar-refractivity contribution is 7.80. The molecular formula is C15H14FN3O2S. The third-order valence-electron chi connectivity index (χ3n) is 2.98. The number of nitrogens with zero attached hydrogens (tertiary/aromatic N) is 1. The highest BCUT2D eigenvalue weighted by atomic mass is 32.1. The summed E-state index contributed by atoms with van der Waals surface area (Å²) in [5.74, 6) is -0.606. The maximum atomic E-state index is 13.6. The van der Waals surface area contributed by atoms with Crippen molar-refractivity contribution >= 4 is 28.7 Å². The lowest BCUT2D eigenvalue weighted by Crippen LogP contribution is -2.28. The molecule has 22 heavy (non-hydrogen) atoms. The predicted molar refractivity (Wildman–Crippen MR) is 87.3 cm³/mol. The number of non-ortho nitro benzene ring substituents is 1. The number of hydrogen-bond acceptors (Lipinski definition) is 3. The summed E-state index contributed by atoms with van der Waals surface area (Å²) in [4.78, 5) is 10.1. The monoisotopic (exact) mass is 319 g/mol. The van der Waals surface area contributed by atoms with Gasteiger partial charge in [0.05, 0.1) is 10.6 Å². The number of halogens is 1. The van der Waals surface area contributed by atoms with E-state index < -0.39 is 10.7 Å². The number of thiocarbonyl (C=S) groups is 1. The van der Waals surface area contributed by atoms with E-state index in [1.807, 2.05) is 31.2 Å². The first kappa shape index (κ1) is 15.8. The molecule has 0 fully saturated rings. The zero-order chi connectivity index (χ0) is 16.1. The van der Waals surface area contributed by atoms with Gasteiger partial charge in [0.2, 0.25) is 0 Å². The van der Waals surface area contributed by atoms with Crippen LogP contribution in [-0.2, 0) is 6.54 Å². The average molecular weight is 319 g/mol. The molecule has 0 aliphatic carbocycles. The standard InChI is InChI=1S/C15H14FN3O2S/c1-10-2-4-11(5-3-10)9-17-15(22)18-14-8-12(19(20)21)6-7-13(14)16/h2-8H,9H2,1H3,(H2,17,18,22). The summed E-state index contributed by atoms with van der Waals surface area (Å²) in [5.41, 5.74) is 1.94. The van der Waals surface area contributed by atoms with Gasteiger partial charge in [0.25, 0.3) is 5.69 Å². The van der Waals surface area contributed by atoms with Crippen molar-refractivity contribution in [2.24, 2.45) is 0 Å². The van der Waals surface area contributed by atoms with Gasteiger partial charge in [0, 0.05) is 18.7 Å². The predicted octanol–water partition coefficient (Wildman–Crippen LogP) is 3.53. The molecule has 7 heteroatoms. The van der Waals surface area contributed by atoms with E-state index in [0.29, 0.717) is 6.54 Å². The van der Waals surface area contributed by atoms with E-state index in [0.717, 1.165) is 29.3 Å². The number of rotatable bonds is 4. The second kappa shape index (κ2) is 6.95. The van der Waals surface area contributed by atoms with Gasteiger partial charge in [0.15, 0.2) is 5.11 Å². The van der Waals surface area contributed by atoms with Crippen LogP contribution in [0.1, 0.15) is 11.1 Å². The van der Waals surface area contributed by atoms with E-state index >= 15 is 0 Å². The molecule has 5 nitrogen and oxygen atoms in total. The molecule has 2 N–H and O–H groups in total. The zero-order valence-electron chi connectivity index (χ0n) is 11.8. The maximum absolute atomic E-state index is 13.6. The smallest absolute Gasteiger partial charge is 0.271 e. The molecule has 0 radical (unpaired) electrons. The normalized spacial score (nSPS) is 10.1. The van der Waals surface area contributed by atoms with Gasteiger partial charge >= 0.3 is 0 Å². The molecule has 0 spiro atoms. The Morgan fingerprint density at radius 1 is 1.27 bits per heavy atom. The van der Waals surface area contributed by atoms with Crippen molar-refractivity contribution in [3.8, 4) is 0 Å². The second-order valence-corrected chi connectivity index (χ2v) is 5.12. The van der Waals surface area contributed by atoms with Gasteiger partial charge in [-0.3, -0.25) is 10.1 Å². The number of aryl methyl sites for hydroxylation is 1. The van der Waals surface area contributed by atoms with Crippen LogP contribution in [0.3, 0.4) is 0 Å². The number of nitro benzene ring substituents is 1. The third-order valence-corrected chi connectivity index (χ3v) is 3.23. The van der Waals surface area contributed by atoms with Crippen LogP contribution in [0.25, 0.3) is 0 Å².